The van der Waals surface area contributed by atoms with Gasteiger partial charge in [0.1, 0.15) is 6.54 Å². The topological polar surface area (TPSA) is 77.9 Å². The third kappa shape index (κ3) is 3.71. The number of hydrogen-bond acceptors (Lipinski definition) is 3. The molecule has 2 aliphatic rings. The first-order valence-electron chi connectivity index (χ1n) is 7.27. The Kier molecular flexibility index (Phi) is 4.62. The number of carbonyl (C=O) groups is 3. The Morgan fingerprint density at radius 3 is 2.40 bits per heavy atom. The van der Waals surface area contributed by atoms with Crippen LogP contribution in [0.1, 0.15) is 39.0 Å². The van der Waals surface area contributed by atoms with Crippen molar-refractivity contribution in [3.8, 4) is 0 Å². The van der Waals surface area contributed by atoms with Crippen molar-refractivity contribution < 1.29 is 19.5 Å². The number of likely N-dealkylation sites (tertiary alicyclic amines) is 1. The SMILES string of the molecule is CC(=O)N(CC(=O)O)C1CCCN(C(=O)C2CC2)CC1. The first-order valence-corrected chi connectivity index (χ1v) is 7.27. The number of aliphatic carboxylic acids is 1. The number of nitrogens with zero attached hydrogens (tertiary/aromatic N) is 2. The van der Waals surface area contributed by atoms with Crippen LogP contribution in [0, 0.1) is 5.92 Å². The number of amides is 2. The van der Waals surface area contributed by atoms with Gasteiger partial charge in [-0.25, -0.2) is 0 Å². The van der Waals surface area contributed by atoms with E-state index in [9.17, 15) is 14.4 Å². The van der Waals surface area contributed by atoms with Gasteiger partial charge in [-0.15, -0.1) is 0 Å². The Labute approximate surface area is 118 Å². The molecule has 1 N–H and O–H groups in total. The molecule has 1 atom stereocenters. The second-order valence-electron chi connectivity index (χ2n) is 5.72. The number of carboxylic acid groups (broad SMARTS) is 1. The average Bonchev–Trinajstić information content (AvgIpc) is 3.21. The number of carboxylic acids is 1. The zero-order valence-electron chi connectivity index (χ0n) is 11.9. The predicted octanol–water partition coefficient (Wildman–Crippen LogP) is 0.711. The smallest absolute Gasteiger partial charge is 0.323 e. The van der Waals surface area contributed by atoms with Gasteiger partial charge in [-0.1, -0.05) is 0 Å². The molecule has 112 valence electrons. The maximum absolute atomic E-state index is 12.1. The predicted molar refractivity (Wildman–Crippen MR) is 72.0 cm³/mol. The molecule has 2 fully saturated rings. The van der Waals surface area contributed by atoms with Crippen LogP contribution >= 0.6 is 0 Å². The summed E-state index contributed by atoms with van der Waals surface area (Å²) in [4.78, 5) is 37.8. The van der Waals surface area contributed by atoms with Crippen molar-refractivity contribution in [3.63, 3.8) is 0 Å². The molecule has 1 saturated heterocycles. The van der Waals surface area contributed by atoms with Crippen LogP contribution in [0.2, 0.25) is 0 Å². The van der Waals surface area contributed by atoms with Crippen molar-refractivity contribution in [2.45, 2.75) is 45.1 Å². The first kappa shape index (κ1) is 14.8. The molecule has 1 aliphatic heterocycles. The summed E-state index contributed by atoms with van der Waals surface area (Å²) < 4.78 is 0. The summed E-state index contributed by atoms with van der Waals surface area (Å²) in [7, 11) is 0. The normalized spacial score (nSPS) is 23.1. The van der Waals surface area contributed by atoms with E-state index in [0.717, 1.165) is 32.2 Å². The van der Waals surface area contributed by atoms with E-state index in [-0.39, 0.29) is 30.3 Å². The average molecular weight is 282 g/mol. The summed E-state index contributed by atoms with van der Waals surface area (Å²) in [5.41, 5.74) is 0. The Bertz CT molecular complexity index is 406. The standard InChI is InChI=1S/C14H22N2O4/c1-10(17)16(9-13(18)19)12-3-2-7-15(8-6-12)14(20)11-4-5-11/h11-12H,2-9H2,1H3,(H,18,19). The highest BCUT2D eigenvalue weighted by Crippen LogP contribution is 2.32. The molecule has 6 nitrogen and oxygen atoms in total. The van der Waals surface area contributed by atoms with E-state index in [4.69, 9.17) is 5.11 Å². The van der Waals surface area contributed by atoms with Crippen LogP contribution in [-0.4, -0.2) is 58.4 Å². The molecule has 0 bridgehead atoms. The van der Waals surface area contributed by atoms with Gasteiger partial charge in [-0.3, -0.25) is 14.4 Å². The molecular formula is C14H22N2O4. The minimum absolute atomic E-state index is 0.0689. The fraction of sp³-hybridized carbons (Fsp3) is 0.786. The third-order valence-electron chi connectivity index (χ3n) is 4.09. The van der Waals surface area contributed by atoms with Crippen LogP contribution in [0.3, 0.4) is 0 Å². The molecule has 2 amide bonds. The van der Waals surface area contributed by atoms with E-state index in [2.05, 4.69) is 0 Å². The maximum atomic E-state index is 12.1. The summed E-state index contributed by atoms with van der Waals surface area (Å²) in [5.74, 6) is -0.748. The molecule has 0 spiro atoms. The zero-order chi connectivity index (χ0) is 14.7. The van der Waals surface area contributed by atoms with E-state index in [1.807, 2.05) is 4.90 Å². The summed E-state index contributed by atoms with van der Waals surface area (Å²) in [6.45, 7) is 2.51. The molecule has 1 heterocycles. The minimum atomic E-state index is -0.990. The lowest BCUT2D eigenvalue weighted by molar-refractivity contribution is -0.145. The van der Waals surface area contributed by atoms with E-state index in [1.54, 1.807) is 0 Å². The van der Waals surface area contributed by atoms with Crippen molar-refractivity contribution in [2.24, 2.45) is 5.92 Å². The van der Waals surface area contributed by atoms with Crippen molar-refractivity contribution in [1.82, 2.24) is 9.80 Å². The van der Waals surface area contributed by atoms with Crippen molar-refractivity contribution in [3.05, 3.63) is 0 Å². The molecule has 2 rings (SSSR count). The third-order valence-corrected chi connectivity index (χ3v) is 4.09. The Morgan fingerprint density at radius 1 is 1.15 bits per heavy atom. The van der Waals surface area contributed by atoms with Gasteiger partial charge in [0.05, 0.1) is 0 Å². The Hall–Kier alpha value is -1.59. The summed E-state index contributed by atoms with van der Waals surface area (Å²) >= 11 is 0. The quantitative estimate of drug-likeness (QED) is 0.823. The second kappa shape index (κ2) is 6.24. The van der Waals surface area contributed by atoms with Crippen LogP contribution in [0.15, 0.2) is 0 Å². The van der Waals surface area contributed by atoms with Crippen LogP contribution in [-0.2, 0) is 14.4 Å². The van der Waals surface area contributed by atoms with Crippen LogP contribution < -0.4 is 0 Å². The number of rotatable bonds is 4. The van der Waals surface area contributed by atoms with E-state index in [0.29, 0.717) is 13.0 Å². The Balaban J connectivity index is 1.94. The molecule has 0 radical (unpaired) electrons. The van der Waals surface area contributed by atoms with Crippen molar-refractivity contribution in [2.75, 3.05) is 19.6 Å². The lowest BCUT2D eigenvalue weighted by atomic mass is 10.1. The van der Waals surface area contributed by atoms with Gasteiger partial charge < -0.3 is 14.9 Å². The van der Waals surface area contributed by atoms with Gasteiger partial charge in [0.2, 0.25) is 11.8 Å². The largest absolute Gasteiger partial charge is 0.480 e. The molecule has 1 unspecified atom stereocenters. The highest BCUT2D eigenvalue weighted by Gasteiger charge is 2.35. The molecule has 20 heavy (non-hydrogen) atoms. The molecule has 0 aromatic carbocycles. The van der Waals surface area contributed by atoms with Gasteiger partial charge in [0.25, 0.3) is 0 Å². The van der Waals surface area contributed by atoms with Gasteiger partial charge in [-0.2, -0.15) is 0 Å². The molecule has 6 heteroatoms. The molecule has 0 aromatic rings. The Morgan fingerprint density at radius 2 is 1.85 bits per heavy atom. The van der Waals surface area contributed by atoms with Gasteiger partial charge in [0.15, 0.2) is 0 Å². The van der Waals surface area contributed by atoms with Crippen molar-refractivity contribution >= 4 is 17.8 Å². The molecular weight excluding hydrogens is 260 g/mol. The fourth-order valence-electron chi connectivity index (χ4n) is 2.84. The summed E-state index contributed by atoms with van der Waals surface area (Å²) in [6.07, 6.45) is 4.26. The minimum Gasteiger partial charge on any atom is -0.480 e. The highest BCUT2D eigenvalue weighted by atomic mass is 16.4. The summed E-state index contributed by atoms with van der Waals surface area (Å²) in [6, 6.07) is -0.0689. The van der Waals surface area contributed by atoms with E-state index >= 15 is 0 Å². The number of hydrogen-bond donors (Lipinski definition) is 1. The fourth-order valence-corrected chi connectivity index (χ4v) is 2.84. The molecule has 1 aliphatic carbocycles. The van der Waals surface area contributed by atoms with E-state index in [1.165, 1.54) is 11.8 Å². The second-order valence-corrected chi connectivity index (χ2v) is 5.72. The maximum Gasteiger partial charge on any atom is 0.323 e. The zero-order valence-corrected chi connectivity index (χ0v) is 11.9. The van der Waals surface area contributed by atoms with Crippen LogP contribution in [0.5, 0.6) is 0 Å². The molecule has 0 aromatic heterocycles. The monoisotopic (exact) mass is 282 g/mol. The van der Waals surface area contributed by atoms with Crippen molar-refractivity contribution in [1.29, 1.82) is 0 Å². The van der Waals surface area contributed by atoms with Gasteiger partial charge in [0, 0.05) is 32.0 Å². The van der Waals surface area contributed by atoms with E-state index < -0.39 is 5.97 Å². The van der Waals surface area contributed by atoms with Gasteiger partial charge in [-0.05, 0) is 32.1 Å². The molecule has 1 saturated carbocycles. The lowest BCUT2D eigenvalue weighted by Crippen LogP contribution is -2.43. The van der Waals surface area contributed by atoms with Gasteiger partial charge >= 0.3 is 5.97 Å². The summed E-state index contributed by atoms with van der Waals surface area (Å²) in [5, 5.41) is 8.90. The lowest BCUT2D eigenvalue weighted by Gasteiger charge is -2.28. The van der Waals surface area contributed by atoms with Crippen LogP contribution in [0.25, 0.3) is 0 Å². The first-order chi connectivity index (χ1) is 9.49. The van der Waals surface area contributed by atoms with Crippen LogP contribution in [0.4, 0.5) is 0 Å². The number of carbonyl (C=O) groups excluding carboxylic acids is 2. The highest BCUT2D eigenvalue weighted by molar-refractivity contribution is 5.81.